The molecular formula is C20H27NO4S. The predicted molar refractivity (Wildman–Crippen MR) is 100 cm³/mol. The van der Waals surface area contributed by atoms with Crippen molar-refractivity contribution in [3.8, 4) is 0 Å². The lowest BCUT2D eigenvalue weighted by molar-refractivity contribution is -0.137. The van der Waals surface area contributed by atoms with E-state index >= 15 is 0 Å². The summed E-state index contributed by atoms with van der Waals surface area (Å²) in [7, 11) is -3.52. The van der Waals surface area contributed by atoms with E-state index in [2.05, 4.69) is 17.7 Å². The number of allylic oxidation sites excluding steroid dienone is 1. The van der Waals surface area contributed by atoms with Gasteiger partial charge in [0.15, 0.2) is 0 Å². The topological polar surface area (TPSA) is 83.5 Å². The SMILES string of the molecule is C/C(=C/CCCC(=O)O)[C@@H]1[C@@H]2CC[C@@H](C2)[C@@H]1NS(=O)(=O)c1ccccc1. The summed E-state index contributed by atoms with van der Waals surface area (Å²) in [6.45, 7) is 2.07. The van der Waals surface area contributed by atoms with Crippen molar-refractivity contribution in [2.24, 2.45) is 17.8 Å². The fourth-order valence-electron chi connectivity index (χ4n) is 4.68. The van der Waals surface area contributed by atoms with Gasteiger partial charge in [-0.3, -0.25) is 4.79 Å². The zero-order valence-electron chi connectivity index (χ0n) is 15.1. The molecule has 4 atom stereocenters. The summed E-state index contributed by atoms with van der Waals surface area (Å²) in [5.74, 6) is 0.367. The molecule has 2 N–H and O–H groups in total. The van der Waals surface area contributed by atoms with E-state index in [4.69, 9.17) is 5.11 Å². The first kappa shape index (κ1) is 19.1. The Labute approximate surface area is 155 Å². The molecule has 2 saturated carbocycles. The molecule has 142 valence electrons. The number of rotatable bonds is 8. The van der Waals surface area contributed by atoms with Crippen LogP contribution < -0.4 is 4.72 Å². The molecule has 2 aliphatic rings. The third kappa shape index (κ3) is 4.18. The number of sulfonamides is 1. The lowest BCUT2D eigenvalue weighted by Crippen LogP contribution is -2.44. The van der Waals surface area contributed by atoms with Crippen LogP contribution in [-0.2, 0) is 14.8 Å². The van der Waals surface area contributed by atoms with Gasteiger partial charge < -0.3 is 5.11 Å². The van der Waals surface area contributed by atoms with E-state index in [0.29, 0.717) is 23.2 Å². The molecular weight excluding hydrogens is 350 g/mol. The molecule has 0 unspecified atom stereocenters. The first-order valence-corrected chi connectivity index (χ1v) is 10.8. The normalized spacial score (nSPS) is 28.4. The molecule has 1 aromatic rings. The number of benzene rings is 1. The summed E-state index contributed by atoms with van der Waals surface area (Å²) >= 11 is 0. The number of carboxylic acids is 1. The average Bonchev–Trinajstić information content (AvgIpc) is 3.20. The van der Waals surface area contributed by atoms with Crippen molar-refractivity contribution in [3.63, 3.8) is 0 Å². The number of hydrogen-bond acceptors (Lipinski definition) is 3. The van der Waals surface area contributed by atoms with Crippen molar-refractivity contribution in [2.75, 3.05) is 0 Å². The summed E-state index contributed by atoms with van der Waals surface area (Å²) in [4.78, 5) is 11.0. The van der Waals surface area contributed by atoms with Crippen LogP contribution >= 0.6 is 0 Å². The van der Waals surface area contributed by atoms with Crippen LogP contribution in [-0.4, -0.2) is 25.5 Å². The van der Waals surface area contributed by atoms with E-state index in [1.165, 1.54) is 5.57 Å². The molecule has 3 rings (SSSR count). The highest BCUT2D eigenvalue weighted by molar-refractivity contribution is 7.89. The van der Waals surface area contributed by atoms with Gasteiger partial charge in [0.2, 0.25) is 10.0 Å². The second-order valence-corrected chi connectivity index (χ2v) is 9.27. The molecule has 5 nitrogen and oxygen atoms in total. The average molecular weight is 378 g/mol. The number of hydrogen-bond donors (Lipinski definition) is 2. The van der Waals surface area contributed by atoms with Gasteiger partial charge in [-0.1, -0.05) is 29.8 Å². The molecule has 0 radical (unpaired) electrons. The summed E-state index contributed by atoms with van der Waals surface area (Å²) in [6, 6.07) is 8.47. The van der Waals surface area contributed by atoms with E-state index in [1.807, 2.05) is 6.07 Å². The zero-order chi connectivity index (χ0) is 18.7. The molecule has 0 aliphatic heterocycles. The molecule has 2 bridgehead atoms. The van der Waals surface area contributed by atoms with Gasteiger partial charge in [-0.2, -0.15) is 0 Å². The van der Waals surface area contributed by atoms with Crippen LogP contribution in [0.1, 0.15) is 45.4 Å². The van der Waals surface area contributed by atoms with E-state index in [0.717, 1.165) is 25.7 Å². The molecule has 26 heavy (non-hydrogen) atoms. The smallest absolute Gasteiger partial charge is 0.303 e. The van der Waals surface area contributed by atoms with E-state index < -0.39 is 16.0 Å². The summed E-state index contributed by atoms with van der Waals surface area (Å²) in [5.41, 5.74) is 1.20. The second kappa shape index (κ2) is 7.92. The number of unbranched alkanes of at least 4 members (excludes halogenated alkanes) is 1. The van der Waals surface area contributed by atoms with Crippen LogP contribution in [0.3, 0.4) is 0 Å². The van der Waals surface area contributed by atoms with Gasteiger partial charge in [-0.05, 0) is 68.9 Å². The molecule has 0 spiro atoms. The van der Waals surface area contributed by atoms with E-state index in [1.54, 1.807) is 24.3 Å². The van der Waals surface area contributed by atoms with Gasteiger partial charge in [-0.25, -0.2) is 13.1 Å². The van der Waals surface area contributed by atoms with Crippen molar-refractivity contribution in [1.29, 1.82) is 0 Å². The standard InChI is InChI=1S/C20H27NO4S/c1-14(7-5-6-10-18(22)23)19-15-11-12-16(13-15)20(19)21-26(24,25)17-8-3-2-4-9-17/h2-4,7-9,15-16,19-21H,5-6,10-13H2,1H3,(H,22,23)/b14-7-/t15-,16+,19-,20+/m1/s1. The Morgan fingerprint density at radius 1 is 1.23 bits per heavy atom. The number of aliphatic carboxylic acids is 1. The third-order valence-electron chi connectivity index (χ3n) is 5.85. The fraction of sp³-hybridized carbons (Fsp3) is 0.550. The van der Waals surface area contributed by atoms with Gasteiger partial charge in [0.1, 0.15) is 0 Å². The highest BCUT2D eigenvalue weighted by Crippen LogP contribution is 2.51. The summed E-state index contributed by atoms with van der Waals surface area (Å²) in [6.07, 6.45) is 6.93. The second-order valence-electron chi connectivity index (χ2n) is 7.55. The Morgan fingerprint density at radius 2 is 1.92 bits per heavy atom. The zero-order valence-corrected chi connectivity index (χ0v) is 15.9. The minimum absolute atomic E-state index is 0.0605. The summed E-state index contributed by atoms with van der Waals surface area (Å²) in [5, 5.41) is 8.76. The van der Waals surface area contributed by atoms with Gasteiger partial charge in [0, 0.05) is 12.5 Å². The fourth-order valence-corrected chi connectivity index (χ4v) is 6.03. The van der Waals surface area contributed by atoms with Crippen molar-refractivity contribution in [2.45, 2.75) is 56.4 Å². The van der Waals surface area contributed by atoms with Crippen molar-refractivity contribution >= 4 is 16.0 Å². The van der Waals surface area contributed by atoms with Crippen LogP contribution in [0.25, 0.3) is 0 Å². The molecule has 0 heterocycles. The minimum Gasteiger partial charge on any atom is -0.481 e. The lowest BCUT2D eigenvalue weighted by Gasteiger charge is -2.32. The quantitative estimate of drug-likeness (QED) is 0.536. The Hall–Kier alpha value is -1.66. The van der Waals surface area contributed by atoms with Gasteiger partial charge in [0.05, 0.1) is 4.90 Å². The van der Waals surface area contributed by atoms with Crippen LogP contribution in [0, 0.1) is 17.8 Å². The van der Waals surface area contributed by atoms with Gasteiger partial charge >= 0.3 is 5.97 Å². The number of fused-ring (bicyclic) bond motifs is 2. The molecule has 6 heteroatoms. The maximum absolute atomic E-state index is 12.8. The van der Waals surface area contributed by atoms with E-state index in [9.17, 15) is 13.2 Å². The minimum atomic E-state index is -3.52. The van der Waals surface area contributed by atoms with Crippen molar-refractivity contribution in [3.05, 3.63) is 42.0 Å². The van der Waals surface area contributed by atoms with Gasteiger partial charge in [0.25, 0.3) is 0 Å². The molecule has 2 aliphatic carbocycles. The largest absolute Gasteiger partial charge is 0.481 e. The Kier molecular flexibility index (Phi) is 5.82. The Morgan fingerprint density at radius 3 is 2.62 bits per heavy atom. The molecule has 0 aromatic heterocycles. The number of nitrogens with one attached hydrogen (secondary N) is 1. The highest BCUT2D eigenvalue weighted by Gasteiger charge is 2.49. The molecule has 1 aromatic carbocycles. The molecule has 0 amide bonds. The van der Waals surface area contributed by atoms with Crippen LogP contribution in [0.5, 0.6) is 0 Å². The third-order valence-corrected chi connectivity index (χ3v) is 7.32. The monoisotopic (exact) mass is 377 g/mol. The Balaban J connectivity index is 1.73. The molecule has 0 saturated heterocycles. The first-order valence-electron chi connectivity index (χ1n) is 9.34. The first-order chi connectivity index (χ1) is 12.4. The van der Waals surface area contributed by atoms with Crippen LogP contribution in [0.2, 0.25) is 0 Å². The number of carboxylic acid groups (broad SMARTS) is 1. The van der Waals surface area contributed by atoms with Gasteiger partial charge in [-0.15, -0.1) is 0 Å². The van der Waals surface area contributed by atoms with Crippen molar-refractivity contribution < 1.29 is 18.3 Å². The van der Waals surface area contributed by atoms with Crippen LogP contribution in [0.15, 0.2) is 46.9 Å². The summed E-state index contributed by atoms with van der Waals surface area (Å²) < 4.78 is 28.5. The number of carbonyl (C=O) groups is 1. The Bertz CT molecular complexity index is 772. The van der Waals surface area contributed by atoms with Crippen LogP contribution in [0.4, 0.5) is 0 Å². The predicted octanol–water partition coefficient (Wildman–Crippen LogP) is 3.58. The maximum Gasteiger partial charge on any atom is 0.303 e. The highest BCUT2D eigenvalue weighted by atomic mass is 32.2. The molecule has 2 fully saturated rings. The van der Waals surface area contributed by atoms with Crippen molar-refractivity contribution in [1.82, 2.24) is 4.72 Å². The maximum atomic E-state index is 12.8. The van der Waals surface area contributed by atoms with E-state index in [-0.39, 0.29) is 18.4 Å². The lowest BCUT2D eigenvalue weighted by atomic mass is 9.80.